The van der Waals surface area contributed by atoms with E-state index in [1.807, 2.05) is 0 Å². The molecule has 0 bridgehead atoms. The highest BCUT2D eigenvalue weighted by Crippen LogP contribution is 2.26. The molecular formula is C14H24N4O4S. The molecule has 0 unspecified atom stereocenters. The van der Waals surface area contributed by atoms with Gasteiger partial charge in [0.05, 0.1) is 18.0 Å². The van der Waals surface area contributed by atoms with Crippen LogP contribution in [0.3, 0.4) is 0 Å². The Balaban J connectivity index is 1.98. The van der Waals surface area contributed by atoms with Crippen LogP contribution in [0, 0.1) is 19.8 Å². The topological polar surface area (TPSA) is 104 Å². The lowest BCUT2D eigenvalue weighted by atomic mass is 9.97. The van der Waals surface area contributed by atoms with Crippen molar-refractivity contribution in [1.82, 2.24) is 19.8 Å². The van der Waals surface area contributed by atoms with Crippen LogP contribution in [-0.4, -0.2) is 62.2 Å². The molecule has 0 saturated carbocycles. The third-order valence-electron chi connectivity index (χ3n) is 4.09. The number of H-pyrrole nitrogens is 1. The van der Waals surface area contributed by atoms with Crippen LogP contribution in [0.2, 0.25) is 0 Å². The van der Waals surface area contributed by atoms with Gasteiger partial charge in [0, 0.05) is 32.7 Å². The molecule has 1 saturated heterocycles. The van der Waals surface area contributed by atoms with Gasteiger partial charge in [0.2, 0.25) is 15.9 Å². The molecule has 1 aliphatic heterocycles. The Morgan fingerprint density at radius 1 is 1.39 bits per heavy atom. The summed E-state index contributed by atoms with van der Waals surface area (Å²) in [6.07, 6.45) is 1.04. The van der Waals surface area contributed by atoms with Crippen LogP contribution in [0.1, 0.15) is 24.2 Å². The van der Waals surface area contributed by atoms with E-state index in [0.29, 0.717) is 50.5 Å². The van der Waals surface area contributed by atoms with E-state index in [-0.39, 0.29) is 16.7 Å². The minimum Gasteiger partial charge on any atom is -0.383 e. The fraction of sp³-hybridized carbons (Fsp3) is 0.714. The number of nitrogens with zero attached hydrogens (tertiary/aromatic N) is 2. The third-order valence-corrected chi connectivity index (χ3v) is 6.25. The number of nitrogens with one attached hydrogen (secondary N) is 2. The van der Waals surface area contributed by atoms with Crippen molar-refractivity contribution in [2.75, 3.05) is 33.4 Å². The number of ether oxygens (including phenoxy) is 1. The molecule has 0 aliphatic carbocycles. The number of carbonyl (C=O) groups excluding carboxylic acids is 1. The van der Waals surface area contributed by atoms with E-state index < -0.39 is 10.0 Å². The van der Waals surface area contributed by atoms with E-state index in [1.165, 1.54) is 4.31 Å². The lowest BCUT2D eigenvalue weighted by Crippen LogP contribution is -2.43. The first-order chi connectivity index (χ1) is 10.9. The number of methoxy groups -OCH3 is 1. The normalized spacial score (nSPS) is 17.3. The van der Waals surface area contributed by atoms with Crippen molar-refractivity contribution in [3.05, 3.63) is 11.4 Å². The average Bonchev–Trinajstić information content (AvgIpc) is 2.87. The zero-order valence-electron chi connectivity index (χ0n) is 13.8. The fourth-order valence-corrected chi connectivity index (χ4v) is 4.63. The van der Waals surface area contributed by atoms with E-state index in [2.05, 4.69) is 15.5 Å². The van der Waals surface area contributed by atoms with Gasteiger partial charge in [-0.2, -0.15) is 9.40 Å². The molecule has 1 aromatic heterocycles. The number of aromatic amines is 1. The highest BCUT2D eigenvalue weighted by Gasteiger charge is 2.34. The van der Waals surface area contributed by atoms with E-state index >= 15 is 0 Å². The summed E-state index contributed by atoms with van der Waals surface area (Å²) in [5.74, 6) is -0.181. The van der Waals surface area contributed by atoms with Crippen LogP contribution in [0.25, 0.3) is 0 Å². The maximum absolute atomic E-state index is 12.7. The monoisotopic (exact) mass is 344 g/mol. The first kappa shape index (κ1) is 17.9. The molecule has 8 nitrogen and oxygen atoms in total. The Morgan fingerprint density at radius 3 is 2.57 bits per heavy atom. The number of sulfonamides is 1. The molecule has 130 valence electrons. The molecule has 2 rings (SSSR count). The molecule has 0 atom stereocenters. The molecule has 0 spiro atoms. The van der Waals surface area contributed by atoms with E-state index in [4.69, 9.17) is 4.74 Å². The predicted molar refractivity (Wildman–Crippen MR) is 84.4 cm³/mol. The molecular weight excluding hydrogens is 320 g/mol. The van der Waals surface area contributed by atoms with Crippen molar-refractivity contribution in [1.29, 1.82) is 0 Å². The summed E-state index contributed by atoms with van der Waals surface area (Å²) in [6, 6.07) is 0. The fourth-order valence-electron chi connectivity index (χ4n) is 2.83. The van der Waals surface area contributed by atoms with Gasteiger partial charge >= 0.3 is 0 Å². The molecule has 1 fully saturated rings. The quantitative estimate of drug-likeness (QED) is 0.717. The second kappa shape index (κ2) is 7.41. The molecule has 1 aromatic rings. The number of rotatable bonds is 6. The lowest BCUT2D eigenvalue weighted by Gasteiger charge is -2.30. The smallest absolute Gasteiger partial charge is 0.246 e. The first-order valence-electron chi connectivity index (χ1n) is 7.66. The lowest BCUT2D eigenvalue weighted by molar-refractivity contribution is -0.126. The molecule has 2 N–H and O–H groups in total. The van der Waals surface area contributed by atoms with Crippen molar-refractivity contribution in [3.63, 3.8) is 0 Å². The maximum Gasteiger partial charge on any atom is 0.246 e. The SMILES string of the molecule is COCCNC(=O)C1CCN(S(=O)(=O)c2c(C)n[nH]c2C)CC1. The van der Waals surface area contributed by atoms with Gasteiger partial charge in [0.15, 0.2) is 0 Å². The van der Waals surface area contributed by atoms with Gasteiger partial charge in [0.1, 0.15) is 4.90 Å². The molecule has 23 heavy (non-hydrogen) atoms. The van der Waals surface area contributed by atoms with Crippen LogP contribution in [0.5, 0.6) is 0 Å². The highest BCUT2D eigenvalue weighted by molar-refractivity contribution is 7.89. The minimum absolute atomic E-state index is 0.0326. The molecule has 9 heteroatoms. The van der Waals surface area contributed by atoms with E-state index in [1.54, 1.807) is 21.0 Å². The number of amides is 1. The Kier molecular flexibility index (Phi) is 5.77. The van der Waals surface area contributed by atoms with Crippen LogP contribution in [0.15, 0.2) is 4.90 Å². The second-order valence-corrected chi connectivity index (χ2v) is 7.60. The third kappa shape index (κ3) is 3.91. The van der Waals surface area contributed by atoms with Gasteiger partial charge in [-0.1, -0.05) is 0 Å². The average molecular weight is 344 g/mol. The number of aromatic nitrogens is 2. The van der Waals surface area contributed by atoms with Crippen molar-refractivity contribution >= 4 is 15.9 Å². The predicted octanol–water partition coefficient (Wildman–Crippen LogP) is 0.190. The summed E-state index contributed by atoms with van der Waals surface area (Å²) in [5, 5.41) is 9.47. The molecule has 1 amide bonds. The summed E-state index contributed by atoms with van der Waals surface area (Å²) in [7, 11) is -1.98. The van der Waals surface area contributed by atoms with Crippen LogP contribution in [-0.2, 0) is 19.6 Å². The Bertz CT molecular complexity index is 628. The largest absolute Gasteiger partial charge is 0.383 e. The zero-order valence-corrected chi connectivity index (χ0v) is 14.6. The summed E-state index contributed by atoms with van der Waals surface area (Å²) in [4.78, 5) is 12.3. The summed E-state index contributed by atoms with van der Waals surface area (Å²) in [5.41, 5.74) is 1.02. The van der Waals surface area contributed by atoms with E-state index in [9.17, 15) is 13.2 Å². The molecule has 2 heterocycles. The maximum atomic E-state index is 12.7. The van der Waals surface area contributed by atoms with Gasteiger partial charge in [-0.15, -0.1) is 0 Å². The van der Waals surface area contributed by atoms with Crippen LogP contribution < -0.4 is 5.32 Å². The van der Waals surface area contributed by atoms with Gasteiger partial charge in [0.25, 0.3) is 0 Å². The Hall–Kier alpha value is -1.45. The number of carbonyl (C=O) groups is 1. The first-order valence-corrected chi connectivity index (χ1v) is 9.10. The van der Waals surface area contributed by atoms with Gasteiger partial charge < -0.3 is 10.1 Å². The Morgan fingerprint density at radius 2 is 2.04 bits per heavy atom. The molecule has 1 aliphatic rings. The molecule has 0 aromatic carbocycles. The van der Waals surface area contributed by atoms with Crippen molar-refractivity contribution in [2.24, 2.45) is 5.92 Å². The Labute approximate surface area is 136 Å². The minimum atomic E-state index is -3.56. The van der Waals surface area contributed by atoms with E-state index in [0.717, 1.165) is 0 Å². The number of aryl methyl sites for hydroxylation is 2. The standard InChI is InChI=1S/C14H24N4O4S/c1-10-13(11(2)17-16-10)23(20,21)18-7-4-12(5-8-18)14(19)15-6-9-22-3/h12H,4-9H2,1-3H3,(H,15,19)(H,16,17). The van der Waals surface area contributed by atoms with Crippen molar-refractivity contribution < 1.29 is 17.9 Å². The molecule has 0 radical (unpaired) electrons. The summed E-state index contributed by atoms with van der Waals surface area (Å²) < 4.78 is 31.8. The van der Waals surface area contributed by atoms with Crippen molar-refractivity contribution in [3.8, 4) is 0 Å². The number of hydrogen-bond donors (Lipinski definition) is 2. The summed E-state index contributed by atoms with van der Waals surface area (Å²) >= 11 is 0. The van der Waals surface area contributed by atoms with Crippen molar-refractivity contribution in [2.45, 2.75) is 31.6 Å². The van der Waals surface area contributed by atoms with Crippen LogP contribution in [0.4, 0.5) is 0 Å². The van der Waals surface area contributed by atoms with Gasteiger partial charge in [-0.3, -0.25) is 9.89 Å². The summed E-state index contributed by atoms with van der Waals surface area (Å²) in [6.45, 7) is 5.00. The zero-order chi connectivity index (χ0) is 17.0. The van der Waals surface area contributed by atoms with Gasteiger partial charge in [-0.05, 0) is 26.7 Å². The van der Waals surface area contributed by atoms with Gasteiger partial charge in [-0.25, -0.2) is 8.42 Å². The second-order valence-electron chi connectivity index (χ2n) is 5.73. The van der Waals surface area contributed by atoms with Crippen LogP contribution >= 0.6 is 0 Å². The highest BCUT2D eigenvalue weighted by atomic mass is 32.2. The number of piperidine rings is 1. The number of hydrogen-bond acceptors (Lipinski definition) is 5.